The average molecular weight is 350 g/mol. The lowest BCUT2D eigenvalue weighted by Gasteiger charge is -2.12. The number of nitrogens with zero attached hydrogens (tertiary/aromatic N) is 2. The molecule has 2 N–H and O–H groups in total. The standard InChI is InChI=1S/C16H19FN4O2S/c1-18-16(21-12-13-6-4-5-9-19-13)20-10-11-24(22,23)15-8-3-2-7-14(15)17/h2-9H,10-12H2,1H3,(H2,18,20,21). The van der Waals surface area contributed by atoms with Gasteiger partial charge in [-0.05, 0) is 24.3 Å². The van der Waals surface area contributed by atoms with Gasteiger partial charge in [-0.25, -0.2) is 12.8 Å². The highest BCUT2D eigenvalue weighted by atomic mass is 32.2. The fourth-order valence-corrected chi connectivity index (χ4v) is 3.25. The zero-order chi connectivity index (χ0) is 17.4. The van der Waals surface area contributed by atoms with Gasteiger partial charge in [0.1, 0.15) is 10.7 Å². The van der Waals surface area contributed by atoms with E-state index in [0.717, 1.165) is 11.8 Å². The van der Waals surface area contributed by atoms with E-state index in [9.17, 15) is 12.8 Å². The van der Waals surface area contributed by atoms with Gasteiger partial charge in [-0.2, -0.15) is 0 Å². The van der Waals surface area contributed by atoms with E-state index in [-0.39, 0.29) is 17.2 Å². The number of aromatic nitrogens is 1. The van der Waals surface area contributed by atoms with Crippen LogP contribution in [0.3, 0.4) is 0 Å². The van der Waals surface area contributed by atoms with Gasteiger partial charge in [0, 0.05) is 19.8 Å². The van der Waals surface area contributed by atoms with E-state index < -0.39 is 15.7 Å². The van der Waals surface area contributed by atoms with Crippen molar-refractivity contribution in [1.29, 1.82) is 0 Å². The molecule has 8 heteroatoms. The summed E-state index contributed by atoms with van der Waals surface area (Å²) in [5, 5.41) is 5.93. The molecule has 0 saturated carbocycles. The van der Waals surface area contributed by atoms with Crippen molar-refractivity contribution in [1.82, 2.24) is 15.6 Å². The molecule has 0 fully saturated rings. The second-order valence-electron chi connectivity index (χ2n) is 4.92. The van der Waals surface area contributed by atoms with Crippen molar-refractivity contribution >= 4 is 15.8 Å². The fraction of sp³-hybridized carbons (Fsp3) is 0.250. The predicted molar refractivity (Wildman–Crippen MR) is 90.9 cm³/mol. The third-order valence-electron chi connectivity index (χ3n) is 3.22. The van der Waals surface area contributed by atoms with Crippen LogP contribution in [0, 0.1) is 5.82 Å². The van der Waals surface area contributed by atoms with Crippen molar-refractivity contribution in [2.75, 3.05) is 19.3 Å². The van der Waals surface area contributed by atoms with Crippen LogP contribution in [-0.4, -0.2) is 38.7 Å². The molecule has 6 nitrogen and oxygen atoms in total. The van der Waals surface area contributed by atoms with E-state index >= 15 is 0 Å². The van der Waals surface area contributed by atoms with E-state index in [4.69, 9.17) is 0 Å². The van der Waals surface area contributed by atoms with Crippen LogP contribution in [0.1, 0.15) is 5.69 Å². The molecule has 1 aromatic heterocycles. The monoisotopic (exact) mass is 350 g/mol. The number of nitrogens with one attached hydrogen (secondary N) is 2. The van der Waals surface area contributed by atoms with Crippen molar-refractivity contribution < 1.29 is 12.8 Å². The molecule has 0 amide bonds. The van der Waals surface area contributed by atoms with Crippen molar-refractivity contribution in [3.8, 4) is 0 Å². The summed E-state index contributed by atoms with van der Waals surface area (Å²) in [6, 6.07) is 10.9. The fourth-order valence-electron chi connectivity index (χ4n) is 2.01. The molecule has 1 heterocycles. The molecule has 0 radical (unpaired) electrons. The van der Waals surface area contributed by atoms with Gasteiger partial charge in [0.05, 0.1) is 18.0 Å². The third kappa shape index (κ3) is 5.02. The molecule has 0 atom stereocenters. The number of rotatable bonds is 6. The van der Waals surface area contributed by atoms with Crippen LogP contribution in [-0.2, 0) is 16.4 Å². The van der Waals surface area contributed by atoms with Crippen molar-refractivity contribution in [2.45, 2.75) is 11.4 Å². The first kappa shape index (κ1) is 17.9. The molecule has 24 heavy (non-hydrogen) atoms. The lowest BCUT2D eigenvalue weighted by molar-refractivity contribution is 0.566. The third-order valence-corrected chi connectivity index (χ3v) is 4.96. The number of halogens is 1. The Hall–Kier alpha value is -2.48. The summed E-state index contributed by atoms with van der Waals surface area (Å²) in [5.74, 6) is -0.530. The van der Waals surface area contributed by atoms with Crippen LogP contribution in [0.15, 0.2) is 58.5 Å². The van der Waals surface area contributed by atoms with Crippen LogP contribution < -0.4 is 10.6 Å². The van der Waals surface area contributed by atoms with Crippen molar-refractivity contribution in [3.63, 3.8) is 0 Å². The minimum Gasteiger partial charge on any atom is -0.355 e. The highest BCUT2D eigenvalue weighted by Gasteiger charge is 2.18. The minimum absolute atomic E-state index is 0.110. The number of hydrogen-bond acceptors (Lipinski definition) is 4. The highest BCUT2D eigenvalue weighted by molar-refractivity contribution is 7.91. The Labute approximate surface area is 140 Å². The molecule has 0 unspecified atom stereocenters. The van der Waals surface area contributed by atoms with Crippen molar-refractivity contribution in [2.24, 2.45) is 4.99 Å². The van der Waals surface area contributed by atoms with Gasteiger partial charge >= 0.3 is 0 Å². The molecule has 0 aliphatic rings. The van der Waals surface area contributed by atoms with Crippen LogP contribution in [0.2, 0.25) is 0 Å². The molecule has 128 valence electrons. The van der Waals surface area contributed by atoms with E-state index in [1.807, 2.05) is 18.2 Å². The molecule has 1 aromatic carbocycles. The summed E-state index contributed by atoms with van der Waals surface area (Å²) in [5.41, 5.74) is 0.833. The Kier molecular flexibility index (Phi) is 6.25. The van der Waals surface area contributed by atoms with Crippen LogP contribution in [0.4, 0.5) is 4.39 Å². The van der Waals surface area contributed by atoms with Gasteiger partial charge in [-0.1, -0.05) is 18.2 Å². The Balaban J connectivity index is 1.87. The Morgan fingerprint density at radius 3 is 2.58 bits per heavy atom. The zero-order valence-electron chi connectivity index (χ0n) is 13.2. The minimum atomic E-state index is -3.69. The number of pyridine rings is 1. The first-order chi connectivity index (χ1) is 11.5. The lowest BCUT2D eigenvalue weighted by atomic mass is 10.3. The quantitative estimate of drug-likeness (QED) is 0.607. The summed E-state index contributed by atoms with van der Waals surface area (Å²) >= 11 is 0. The molecule has 0 saturated heterocycles. The first-order valence-electron chi connectivity index (χ1n) is 7.34. The maximum atomic E-state index is 13.6. The second-order valence-corrected chi connectivity index (χ2v) is 7.00. The second kappa shape index (κ2) is 8.39. The average Bonchev–Trinajstić information content (AvgIpc) is 2.59. The zero-order valence-corrected chi connectivity index (χ0v) is 14.1. The number of guanidine groups is 1. The summed E-state index contributed by atoms with van der Waals surface area (Å²) in [4.78, 5) is 7.89. The molecule has 0 aliphatic heterocycles. The number of hydrogen-bond donors (Lipinski definition) is 2. The van der Waals surface area contributed by atoms with Crippen LogP contribution in [0.5, 0.6) is 0 Å². The van der Waals surface area contributed by atoms with E-state index in [1.54, 1.807) is 13.2 Å². The van der Waals surface area contributed by atoms with Gasteiger partial charge in [0.2, 0.25) is 0 Å². The molecule has 0 spiro atoms. The summed E-state index contributed by atoms with van der Waals surface area (Å²) in [6.07, 6.45) is 1.69. The van der Waals surface area contributed by atoms with E-state index in [0.29, 0.717) is 12.5 Å². The number of benzene rings is 1. The van der Waals surface area contributed by atoms with Crippen LogP contribution in [0.25, 0.3) is 0 Å². The number of sulfone groups is 1. The molecule has 2 aromatic rings. The smallest absolute Gasteiger partial charge is 0.191 e. The molecular weight excluding hydrogens is 331 g/mol. The normalized spacial score (nSPS) is 12.0. The van der Waals surface area contributed by atoms with Crippen molar-refractivity contribution in [3.05, 3.63) is 60.2 Å². The van der Waals surface area contributed by atoms with Gasteiger partial charge in [0.15, 0.2) is 15.8 Å². The van der Waals surface area contributed by atoms with Crippen LogP contribution >= 0.6 is 0 Å². The Morgan fingerprint density at radius 2 is 1.92 bits per heavy atom. The Morgan fingerprint density at radius 1 is 1.17 bits per heavy atom. The topological polar surface area (TPSA) is 83.5 Å². The Bertz CT molecular complexity index is 795. The SMILES string of the molecule is CN=C(NCCS(=O)(=O)c1ccccc1F)NCc1ccccn1. The summed E-state index contributed by atoms with van der Waals surface area (Å²) in [6.45, 7) is 0.569. The largest absolute Gasteiger partial charge is 0.355 e. The van der Waals surface area contributed by atoms with Gasteiger partial charge in [-0.3, -0.25) is 9.98 Å². The van der Waals surface area contributed by atoms with Gasteiger partial charge < -0.3 is 10.6 Å². The summed E-state index contributed by atoms with van der Waals surface area (Å²) in [7, 11) is -2.11. The first-order valence-corrected chi connectivity index (χ1v) is 9.00. The van der Waals surface area contributed by atoms with Gasteiger partial charge in [-0.15, -0.1) is 0 Å². The lowest BCUT2D eigenvalue weighted by Crippen LogP contribution is -2.39. The van der Waals surface area contributed by atoms with E-state index in [2.05, 4.69) is 20.6 Å². The molecule has 2 rings (SSSR count). The summed E-state index contributed by atoms with van der Waals surface area (Å²) < 4.78 is 37.9. The molecular formula is C16H19FN4O2S. The highest BCUT2D eigenvalue weighted by Crippen LogP contribution is 2.14. The maximum absolute atomic E-state index is 13.6. The predicted octanol–water partition coefficient (Wildman–Crippen LogP) is 1.36. The van der Waals surface area contributed by atoms with Gasteiger partial charge in [0.25, 0.3) is 0 Å². The number of aliphatic imine (C=N–C) groups is 1. The molecule has 0 bridgehead atoms. The van der Waals surface area contributed by atoms with E-state index in [1.165, 1.54) is 18.2 Å². The molecule has 0 aliphatic carbocycles. The maximum Gasteiger partial charge on any atom is 0.191 e.